The first-order chi connectivity index (χ1) is 11.5. The van der Waals surface area contributed by atoms with Crippen molar-refractivity contribution in [3.05, 3.63) is 38.9 Å². The molecule has 0 aliphatic rings. The second-order valence-corrected chi connectivity index (χ2v) is 8.36. The molecule has 2 N–H and O–H groups in total. The Morgan fingerprint density at radius 3 is 2.64 bits per heavy atom. The van der Waals surface area contributed by atoms with Crippen molar-refractivity contribution in [3.8, 4) is 0 Å². The fourth-order valence-corrected chi connectivity index (χ4v) is 2.82. The SMILES string of the molecule is CC(C)CC(NC(=O)OC(C)(C)C)c1nc2ccc(Br)cc2c(=O)[nH]1. The number of nitrogens with one attached hydrogen (secondary N) is 2. The number of carbonyl (C=O) groups excluding carboxylic acids is 1. The summed E-state index contributed by atoms with van der Waals surface area (Å²) < 4.78 is 6.14. The van der Waals surface area contributed by atoms with E-state index in [1.54, 1.807) is 32.9 Å². The van der Waals surface area contributed by atoms with Crippen LogP contribution in [0.5, 0.6) is 0 Å². The summed E-state index contributed by atoms with van der Waals surface area (Å²) in [4.78, 5) is 31.9. The summed E-state index contributed by atoms with van der Waals surface area (Å²) in [5.41, 5.74) is -0.245. The molecule has 0 aliphatic carbocycles. The normalized spacial score (nSPS) is 13.1. The number of amides is 1. The maximum absolute atomic E-state index is 12.4. The zero-order chi connectivity index (χ0) is 18.8. The highest BCUT2D eigenvalue weighted by Gasteiger charge is 2.23. The number of aromatic amines is 1. The third-order valence-electron chi connectivity index (χ3n) is 3.41. The lowest BCUT2D eigenvalue weighted by atomic mass is 10.0. The summed E-state index contributed by atoms with van der Waals surface area (Å²) in [5, 5.41) is 3.32. The zero-order valence-corrected chi connectivity index (χ0v) is 16.7. The second-order valence-electron chi connectivity index (χ2n) is 7.44. The number of fused-ring (bicyclic) bond motifs is 1. The van der Waals surface area contributed by atoms with E-state index >= 15 is 0 Å². The van der Waals surface area contributed by atoms with Crippen LogP contribution in [0.25, 0.3) is 10.9 Å². The minimum absolute atomic E-state index is 0.235. The molecule has 1 unspecified atom stereocenters. The first kappa shape index (κ1) is 19.4. The van der Waals surface area contributed by atoms with Gasteiger partial charge in [-0.1, -0.05) is 29.8 Å². The number of carbonyl (C=O) groups is 1. The first-order valence-electron chi connectivity index (χ1n) is 8.24. The van der Waals surface area contributed by atoms with Crippen LogP contribution in [0.4, 0.5) is 4.79 Å². The summed E-state index contributed by atoms with van der Waals surface area (Å²) >= 11 is 3.35. The predicted octanol–water partition coefficient (Wildman–Crippen LogP) is 4.30. The Hall–Kier alpha value is -1.89. The molecule has 7 heteroatoms. The third kappa shape index (κ3) is 5.56. The summed E-state index contributed by atoms with van der Waals surface area (Å²) in [6, 6.07) is 4.90. The number of ether oxygens (including phenoxy) is 1. The van der Waals surface area contributed by atoms with Gasteiger partial charge in [0, 0.05) is 4.47 Å². The number of alkyl carbamates (subject to hydrolysis) is 1. The highest BCUT2D eigenvalue weighted by Crippen LogP contribution is 2.21. The van der Waals surface area contributed by atoms with Crippen molar-refractivity contribution in [2.45, 2.75) is 52.7 Å². The molecule has 1 atom stereocenters. The lowest BCUT2D eigenvalue weighted by Gasteiger charge is -2.24. The van der Waals surface area contributed by atoms with Crippen LogP contribution in [0.3, 0.4) is 0 Å². The Labute approximate surface area is 155 Å². The minimum Gasteiger partial charge on any atom is -0.444 e. The van der Waals surface area contributed by atoms with Gasteiger partial charge in [0.25, 0.3) is 5.56 Å². The molecule has 6 nitrogen and oxygen atoms in total. The van der Waals surface area contributed by atoms with Gasteiger partial charge in [-0.3, -0.25) is 4.79 Å². The highest BCUT2D eigenvalue weighted by molar-refractivity contribution is 9.10. The third-order valence-corrected chi connectivity index (χ3v) is 3.91. The van der Waals surface area contributed by atoms with Gasteiger partial charge >= 0.3 is 6.09 Å². The fourth-order valence-electron chi connectivity index (χ4n) is 2.45. The molecule has 0 aliphatic heterocycles. The molecule has 2 rings (SSSR count). The van der Waals surface area contributed by atoms with Crippen LogP contribution in [0.1, 0.15) is 52.9 Å². The van der Waals surface area contributed by atoms with Crippen molar-refractivity contribution in [2.24, 2.45) is 5.92 Å². The van der Waals surface area contributed by atoms with Crippen LogP contribution < -0.4 is 10.9 Å². The average Bonchev–Trinajstić information content (AvgIpc) is 2.44. The van der Waals surface area contributed by atoms with E-state index in [-0.39, 0.29) is 5.56 Å². The van der Waals surface area contributed by atoms with E-state index in [0.717, 1.165) is 4.47 Å². The van der Waals surface area contributed by atoms with Gasteiger partial charge in [-0.15, -0.1) is 0 Å². The topological polar surface area (TPSA) is 84.1 Å². The summed E-state index contributed by atoms with van der Waals surface area (Å²) in [7, 11) is 0. The number of halogens is 1. The Kier molecular flexibility index (Phi) is 5.87. The van der Waals surface area contributed by atoms with Crippen molar-refractivity contribution in [3.63, 3.8) is 0 Å². The lowest BCUT2D eigenvalue weighted by Crippen LogP contribution is -2.36. The Bertz CT molecular complexity index is 824. The maximum Gasteiger partial charge on any atom is 0.408 e. The Morgan fingerprint density at radius 2 is 2.04 bits per heavy atom. The molecule has 1 aromatic heterocycles. The van der Waals surface area contributed by atoms with E-state index in [4.69, 9.17) is 4.74 Å². The standard InChI is InChI=1S/C18H24BrN3O3/c1-10(2)8-14(21-17(24)25-18(3,4)5)15-20-13-7-6-11(19)9-12(13)16(23)22-15/h6-7,9-10,14H,8H2,1-5H3,(H,21,24)(H,20,22,23). The van der Waals surface area contributed by atoms with E-state index in [1.165, 1.54) is 0 Å². The number of H-pyrrole nitrogens is 1. The molecule has 0 saturated heterocycles. The van der Waals surface area contributed by atoms with Gasteiger partial charge in [0.1, 0.15) is 11.4 Å². The van der Waals surface area contributed by atoms with E-state index in [2.05, 4.69) is 31.2 Å². The van der Waals surface area contributed by atoms with Crippen molar-refractivity contribution >= 4 is 32.9 Å². The van der Waals surface area contributed by atoms with E-state index in [9.17, 15) is 9.59 Å². The monoisotopic (exact) mass is 409 g/mol. The molecular weight excluding hydrogens is 386 g/mol. The zero-order valence-electron chi connectivity index (χ0n) is 15.1. The Morgan fingerprint density at radius 1 is 1.36 bits per heavy atom. The van der Waals surface area contributed by atoms with Crippen molar-refractivity contribution in [2.75, 3.05) is 0 Å². The molecule has 1 aromatic carbocycles. The molecule has 0 fully saturated rings. The number of rotatable bonds is 4. The minimum atomic E-state index is -0.594. The number of nitrogens with zero attached hydrogens (tertiary/aromatic N) is 1. The van der Waals surface area contributed by atoms with Gasteiger partial charge < -0.3 is 15.0 Å². The van der Waals surface area contributed by atoms with Crippen molar-refractivity contribution < 1.29 is 9.53 Å². The number of hydrogen-bond acceptors (Lipinski definition) is 4. The van der Waals surface area contributed by atoms with Gasteiger partial charge in [0.15, 0.2) is 0 Å². The summed E-state index contributed by atoms with van der Waals surface area (Å²) in [5.74, 6) is 0.727. The summed E-state index contributed by atoms with van der Waals surface area (Å²) in [6.07, 6.45) is 0.0984. The fraction of sp³-hybridized carbons (Fsp3) is 0.500. The molecule has 0 saturated carbocycles. The van der Waals surface area contributed by atoms with Crippen LogP contribution in [-0.2, 0) is 4.74 Å². The second kappa shape index (κ2) is 7.56. The van der Waals surface area contributed by atoms with Crippen molar-refractivity contribution in [1.29, 1.82) is 0 Å². The molecule has 136 valence electrons. The quantitative estimate of drug-likeness (QED) is 0.787. The number of hydrogen-bond donors (Lipinski definition) is 2. The first-order valence-corrected chi connectivity index (χ1v) is 9.03. The van der Waals surface area contributed by atoms with E-state index in [0.29, 0.717) is 29.1 Å². The highest BCUT2D eigenvalue weighted by atomic mass is 79.9. The number of benzene rings is 1. The van der Waals surface area contributed by atoms with Crippen LogP contribution in [0.15, 0.2) is 27.5 Å². The molecule has 0 bridgehead atoms. The Balaban J connectivity index is 2.37. The number of aromatic nitrogens is 2. The van der Waals surface area contributed by atoms with Gasteiger partial charge in [0.05, 0.1) is 16.9 Å². The summed E-state index contributed by atoms with van der Waals surface area (Å²) in [6.45, 7) is 9.49. The smallest absolute Gasteiger partial charge is 0.408 e. The largest absolute Gasteiger partial charge is 0.444 e. The van der Waals surface area contributed by atoms with Gasteiger partial charge in [-0.05, 0) is 51.3 Å². The van der Waals surface area contributed by atoms with Crippen LogP contribution in [-0.4, -0.2) is 21.7 Å². The molecule has 1 amide bonds. The maximum atomic E-state index is 12.4. The average molecular weight is 410 g/mol. The van der Waals surface area contributed by atoms with Gasteiger partial charge in [-0.25, -0.2) is 9.78 Å². The van der Waals surface area contributed by atoms with Crippen molar-refractivity contribution in [1.82, 2.24) is 15.3 Å². The molecule has 2 aromatic rings. The molecule has 1 heterocycles. The molecule has 25 heavy (non-hydrogen) atoms. The van der Waals surface area contributed by atoms with E-state index in [1.807, 2.05) is 19.9 Å². The van der Waals surface area contributed by atoms with Crippen LogP contribution in [0.2, 0.25) is 0 Å². The molecule has 0 radical (unpaired) electrons. The predicted molar refractivity (Wildman–Crippen MR) is 102 cm³/mol. The van der Waals surface area contributed by atoms with Gasteiger partial charge in [-0.2, -0.15) is 0 Å². The lowest BCUT2D eigenvalue weighted by molar-refractivity contribution is 0.0495. The van der Waals surface area contributed by atoms with E-state index < -0.39 is 17.7 Å². The molecular formula is C18H24BrN3O3. The molecule has 0 spiro atoms. The van der Waals surface area contributed by atoms with Crippen LogP contribution >= 0.6 is 15.9 Å². The van der Waals surface area contributed by atoms with Crippen LogP contribution in [0, 0.1) is 5.92 Å². The van der Waals surface area contributed by atoms with Gasteiger partial charge in [0.2, 0.25) is 0 Å².